The van der Waals surface area contributed by atoms with Crippen molar-refractivity contribution in [2.45, 2.75) is 53.2 Å². The quantitative estimate of drug-likeness (QED) is 0.332. The Balaban J connectivity index is 0.00000364. The first kappa shape index (κ1) is 23.3. The molecular formula is C20H31IN4O2. The fourth-order valence-electron chi connectivity index (χ4n) is 2.31. The third-order valence-corrected chi connectivity index (χ3v) is 3.82. The molecule has 0 saturated heterocycles. The van der Waals surface area contributed by atoms with E-state index in [4.69, 9.17) is 9.26 Å². The molecule has 1 aromatic carbocycles. The van der Waals surface area contributed by atoms with Gasteiger partial charge in [0.15, 0.2) is 11.7 Å². The molecule has 2 N–H and O–H groups in total. The summed E-state index contributed by atoms with van der Waals surface area (Å²) in [4.78, 5) is 4.55. The van der Waals surface area contributed by atoms with Gasteiger partial charge < -0.3 is 19.9 Å². The normalized spacial score (nSPS) is 12.4. The maximum absolute atomic E-state index is 5.92. The van der Waals surface area contributed by atoms with Crippen molar-refractivity contribution in [2.75, 3.05) is 13.1 Å². The van der Waals surface area contributed by atoms with Gasteiger partial charge in [0, 0.05) is 12.6 Å². The molecule has 0 aliphatic rings. The highest BCUT2D eigenvalue weighted by atomic mass is 127. The minimum Gasteiger partial charge on any atom is -0.489 e. The van der Waals surface area contributed by atoms with Crippen molar-refractivity contribution in [1.29, 1.82) is 0 Å². The summed E-state index contributed by atoms with van der Waals surface area (Å²) in [6, 6.07) is 10.0. The number of nitrogens with zero attached hydrogens (tertiary/aromatic N) is 2. The molecule has 0 saturated carbocycles. The molecule has 1 unspecified atom stereocenters. The minimum atomic E-state index is 0. The first-order chi connectivity index (χ1) is 12.5. The summed E-state index contributed by atoms with van der Waals surface area (Å²) in [5, 5.41) is 10.6. The number of aliphatic imine (C=N–C) groups is 1. The zero-order valence-electron chi connectivity index (χ0n) is 16.8. The average Bonchev–Trinajstić information content (AvgIpc) is 3.09. The Hall–Kier alpha value is -1.77. The monoisotopic (exact) mass is 486 g/mol. The van der Waals surface area contributed by atoms with E-state index in [1.807, 2.05) is 44.2 Å². The molecule has 1 atom stereocenters. The van der Waals surface area contributed by atoms with Crippen LogP contribution in [0.15, 0.2) is 39.8 Å². The summed E-state index contributed by atoms with van der Waals surface area (Å²) in [7, 11) is 0. The van der Waals surface area contributed by atoms with Crippen LogP contribution in [-0.2, 0) is 6.54 Å². The van der Waals surface area contributed by atoms with Crippen molar-refractivity contribution >= 4 is 29.9 Å². The first-order valence-corrected chi connectivity index (χ1v) is 9.19. The van der Waals surface area contributed by atoms with E-state index in [0.29, 0.717) is 19.0 Å². The molecule has 0 aliphatic carbocycles. The lowest BCUT2D eigenvalue weighted by Crippen LogP contribution is -2.41. The molecule has 0 bridgehead atoms. The van der Waals surface area contributed by atoms with Crippen LogP contribution in [-0.4, -0.2) is 30.3 Å². The largest absolute Gasteiger partial charge is 0.489 e. The van der Waals surface area contributed by atoms with Crippen LogP contribution >= 0.6 is 24.0 Å². The van der Waals surface area contributed by atoms with E-state index in [1.165, 1.54) is 5.56 Å². The van der Waals surface area contributed by atoms with Gasteiger partial charge in [-0.3, -0.25) is 0 Å². The maximum Gasteiger partial charge on any atom is 0.191 e. The number of halogens is 1. The van der Waals surface area contributed by atoms with E-state index in [2.05, 4.69) is 41.6 Å². The predicted octanol–water partition coefficient (Wildman–Crippen LogP) is 4.25. The molecule has 27 heavy (non-hydrogen) atoms. The van der Waals surface area contributed by atoms with E-state index in [-0.39, 0.29) is 30.1 Å². The number of benzene rings is 1. The molecule has 0 amide bonds. The fourth-order valence-corrected chi connectivity index (χ4v) is 2.31. The molecule has 7 heteroatoms. The Morgan fingerprint density at radius 2 is 1.89 bits per heavy atom. The van der Waals surface area contributed by atoms with Crippen LogP contribution in [0.2, 0.25) is 0 Å². The van der Waals surface area contributed by atoms with Gasteiger partial charge in [0.25, 0.3) is 0 Å². The summed E-state index contributed by atoms with van der Waals surface area (Å²) < 4.78 is 11.2. The van der Waals surface area contributed by atoms with Gasteiger partial charge in [0.2, 0.25) is 0 Å². The standard InChI is InChI=1S/C20H30N4O2.HI/c1-6-21-20(23-13-18-11-19(14(2)3)24-26-18)22-12-16(5)25-17-9-7-15(4)8-10-17;/h7-11,14,16H,6,12-13H2,1-5H3,(H2,21,22,23);1H. The van der Waals surface area contributed by atoms with Crippen molar-refractivity contribution in [3.8, 4) is 5.75 Å². The summed E-state index contributed by atoms with van der Waals surface area (Å²) in [5.41, 5.74) is 2.17. The van der Waals surface area contributed by atoms with Gasteiger partial charge in [0.1, 0.15) is 18.4 Å². The molecule has 150 valence electrons. The summed E-state index contributed by atoms with van der Waals surface area (Å²) in [5.74, 6) is 2.71. The van der Waals surface area contributed by atoms with Crippen LogP contribution in [0.1, 0.15) is 50.6 Å². The van der Waals surface area contributed by atoms with Crippen molar-refractivity contribution < 1.29 is 9.26 Å². The second-order valence-electron chi connectivity index (χ2n) is 6.69. The smallest absolute Gasteiger partial charge is 0.191 e. The Morgan fingerprint density at radius 3 is 2.48 bits per heavy atom. The van der Waals surface area contributed by atoms with Gasteiger partial charge in [-0.2, -0.15) is 0 Å². The second-order valence-corrected chi connectivity index (χ2v) is 6.69. The van der Waals surface area contributed by atoms with Crippen LogP contribution in [0.3, 0.4) is 0 Å². The van der Waals surface area contributed by atoms with Crippen molar-refractivity contribution in [3.05, 3.63) is 47.3 Å². The van der Waals surface area contributed by atoms with Crippen LogP contribution in [0.4, 0.5) is 0 Å². The average molecular weight is 486 g/mol. The van der Waals surface area contributed by atoms with Gasteiger partial charge in [-0.15, -0.1) is 24.0 Å². The first-order valence-electron chi connectivity index (χ1n) is 9.19. The van der Waals surface area contributed by atoms with Crippen LogP contribution in [0.5, 0.6) is 5.75 Å². The lowest BCUT2D eigenvalue weighted by atomic mass is 10.1. The number of hydrogen-bond donors (Lipinski definition) is 2. The topological polar surface area (TPSA) is 71.7 Å². The number of guanidine groups is 1. The molecule has 0 spiro atoms. The Bertz CT molecular complexity index is 698. The summed E-state index contributed by atoms with van der Waals surface area (Å²) >= 11 is 0. The summed E-state index contributed by atoms with van der Waals surface area (Å²) in [6.07, 6.45) is 0.0133. The molecule has 0 fully saturated rings. The van der Waals surface area contributed by atoms with Crippen LogP contribution < -0.4 is 15.4 Å². The molecule has 2 aromatic rings. The zero-order valence-corrected chi connectivity index (χ0v) is 19.1. The van der Waals surface area contributed by atoms with Gasteiger partial charge >= 0.3 is 0 Å². The Labute approximate surface area is 179 Å². The lowest BCUT2D eigenvalue weighted by molar-refractivity contribution is 0.224. The van der Waals surface area contributed by atoms with E-state index >= 15 is 0 Å². The third kappa shape index (κ3) is 8.19. The number of rotatable bonds is 8. The van der Waals surface area contributed by atoms with Gasteiger partial charge in [-0.1, -0.05) is 36.7 Å². The number of aryl methyl sites for hydroxylation is 1. The van der Waals surface area contributed by atoms with Crippen LogP contribution in [0.25, 0.3) is 0 Å². The van der Waals surface area contributed by atoms with Gasteiger partial charge in [-0.25, -0.2) is 4.99 Å². The van der Waals surface area contributed by atoms with Crippen LogP contribution in [0, 0.1) is 6.92 Å². The summed E-state index contributed by atoms with van der Waals surface area (Å²) in [6.45, 7) is 12.2. The number of aromatic nitrogens is 1. The molecule has 1 aromatic heterocycles. The van der Waals surface area contributed by atoms with E-state index < -0.39 is 0 Å². The highest BCUT2D eigenvalue weighted by Gasteiger charge is 2.09. The highest BCUT2D eigenvalue weighted by molar-refractivity contribution is 14.0. The molecule has 0 aliphatic heterocycles. The Morgan fingerprint density at radius 1 is 1.19 bits per heavy atom. The van der Waals surface area contributed by atoms with Gasteiger partial charge in [0.05, 0.1) is 12.2 Å². The van der Waals surface area contributed by atoms with E-state index in [0.717, 1.165) is 29.7 Å². The third-order valence-electron chi connectivity index (χ3n) is 3.82. The maximum atomic E-state index is 5.92. The SMILES string of the molecule is CCNC(=NCc1cc(C(C)C)no1)NCC(C)Oc1ccc(C)cc1.I. The molecule has 2 rings (SSSR count). The molecular weight excluding hydrogens is 455 g/mol. The zero-order chi connectivity index (χ0) is 18.9. The highest BCUT2D eigenvalue weighted by Crippen LogP contribution is 2.15. The lowest BCUT2D eigenvalue weighted by Gasteiger charge is -2.17. The van der Waals surface area contributed by atoms with Crippen molar-refractivity contribution in [3.63, 3.8) is 0 Å². The predicted molar refractivity (Wildman–Crippen MR) is 120 cm³/mol. The Kier molecular flexibility index (Phi) is 10.2. The molecule has 6 nitrogen and oxygen atoms in total. The number of hydrogen-bond acceptors (Lipinski definition) is 4. The second kappa shape index (κ2) is 11.8. The van der Waals surface area contributed by atoms with Crippen molar-refractivity contribution in [2.24, 2.45) is 4.99 Å². The number of ether oxygens (including phenoxy) is 1. The van der Waals surface area contributed by atoms with E-state index in [9.17, 15) is 0 Å². The fraction of sp³-hybridized carbons (Fsp3) is 0.500. The van der Waals surface area contributed by atoms with Gasteiger partial charge in [-0.05, 0) is 38.8 Å². The van der Waals surface area contributed by atoms with E-state index in [1.54, 1.807) is 0 Å². The molecule has 1 heterocycles. The number of nitrogens with one attached hydrogen (secondary N) is 2. The molecule has 0 radical (unpaired) electrons. The van der Waals surface area contributed by atoms with Crippen molar-refractivity contribution in [1.82, 2.24) is 15.8 Å². The minimum absolute atomic E-state index is 0.